The highest BCUT2D eigenvalue weighted by Crippen LogP contribution is 2.30. The largest absolute Gasteiger partial charge is 0.504 e. The lowest BCUT2D eigenvalue weighted by Gasteiger charge is -2.33. The van der Waals surface area contributed by atoms with Crippen LogP contribution in [0.5, 0.6) is 11.5 Å². The fourth-order valence-corrected chi connectivity index (χ4v) is 4.32. The molecule has 27 heavy (non-hydrogen) atoms. The monoisotopic (exact) mass is 369 g/mol. The summed E-state index contributed by atoms with van der Waals surface area (Å²) in [5.41, 5.74) is 2.20. The van der Waals surface area contributed by atoms with Gasteiger partial charge >= 0.3 is 0 Å². The van der Waals surface area contributed by atoms with Gasteiger partial charge in [-0.25, -0.2) is 4.98 Å². The van der Waals surface area contributed by atoms with E-state index in [2.05, 4.69) is 4.57 Å². The zero-order valence-electron chi connectivity index (χ0n) is 15.9. The fourth-order valence-electron chi connectivity index (χ4n) is 4.32. The molecule has 0 radical (unpaired) electrons. The lowest BCUT2D eigenvalue weighted by Crippen LogP contribution is -2.40. The van der Waals surface area contributed by atoms with Crippen LogP contribution in [0.4, 0.5) is 0 Å². The van der Waals surface area contributed by atoms with E-state index in [1.54, 1.807) is 18.2 Å². The minimum Gasteiger partial charge on any atom is -0.504 e. The SMILES string of the molecule is COc1cc(CC(=O)N2CCC[C@@H](c3ncc4n3CCCC4)C2)ccc1O. The average Bonchev–Trinajstić information content (AvgIpc) is 3.13. The number of hydrogen-bond donors (Lipinski definition) is 1. The molecule has 0 spiro atoms. The summed E-state index contributed by atoms with van der Waals surface area (Å²) in [6.07, 6.45) is 8.03. The van der Waals surface area contributed by atoms with Crippen molar-refractivity contribution in [2.24, 2.45) is 0 Å². The number of amides is 1. The molecule has 0 unspecified atom stereocenters. The van der Waals surface area contributed by atoms with E-state index in [1.165, 1.54) is 25.6 Å². The second-order valence-electron chi connectivity index (χ2n) is 7.58. The summed E-state index contributed by atoms with van der Waals surface area (Å²) in [5.74, 6) is 2.10. The van der Waals surface area contributed by atoms with E-state index in [0.717, 1.165) is 50.3 Å². The molecule has 1 atom stereocenters. The van der Waals surface area contributed by atoms with Crippen LogP contribution in [-0.4, -0.2) is 45.7 Å². The number of carbonyl (C=O) groups is 1. The van der Waals surface area contributed by atoms with Gasteiger partial charge in [-0.2, -0.15) is 0 Å². The van der Waals surface area contributed by atoms with Crippen LogP contribution in [0.15, 0.2) is 24.4 Å². The number of phenolic OH excluding ortho intramolecular Hbond substituents is 1. The van der Waals surface area contributed by atoms with Gasteiger partial charge in [0.15, 0.2) is 11.5 Å². The zero-order chi connectivity index (χ0) is 18.8. The minimum atomic E-state index is 0.0933. The van der Waals surface area contributed by atoms with Crippen LogP contribution in [0.2, 0.25) is 0 Å². The molecule has 1 fully saturated rings. The number of aromatic nitrogens is 2. The van der Waals surface area contributed by atoms with Crippen molar-refractivity contribution in [1.29, 1.82) is 0 Å². The molecular weight excluding hydrogens is 342 g/mol. The third-order valence-corrected chi connectivity index (χ3v) is 5.77. The first kappa shape index (κ1) is 17.9. The van der Waals surface area contributed by atoms with E-state index in [0.29, 0.717) is 18.1 Å². The van der Waals surface area contributed by atoms with Crippen molar-refractivity contribution >= 4 is 5.91 Å². The van der Waals surface area contributed by atoms with Crippen molar-refractivity contribution in [3.63, 3.8) is 0 Å². The van der Waals surface area contributed by atoms with Crippen molar-refractivity contribution in [2.75, 3.05) is 20.2 Å². The molecule has 1 N–H and O–H groups in total. The molecule has 2 aliphatic rings. The summed E-state index contributed by atoms with van der Waals surface area (Å²) < 4.78 is 7.53. The van der Waals surface area contributed by atoms with E-state index < -0.39 is 0 Å². The van der Waals surface area contributed by atoms with Crippen molar-refractivity contribution in [2.45, 2.75) is 51.0 Å². The highest BCUT2D eigenvalue weighted by molar-refractivity contribution is 5.79. The lowest BCUT2D eigenvalue weighted by molar-refractivity contribution is -0.131. The Hall–Kier alpha value is -2.50. The van der Waals surface area contributed by atoms with Crippen molar-refractivity contribution < 1.29 is 14.6 Å². The van der Waals surface area contributed by atoms with Gasteiger partial charge in [0, 0.05) is 37.4 Å². The lowest BCUT2D eigenvalue weighted by atomic mass is 9.96. The molecule has 0 saturated carbocycles. The fraction of sp³-hybridized carbons (Fsp3) is 0.524. The number of carbonyl (C=O) groups excluding carboxylic acids is 1. The Kier molecular flexibility index (Phi) is 5.05. The molecule has 1 amide bonds. The number of aryl methyl sites for hydroxylation is 1. The average molecular weight is 369 g/mol. The van der Waals surface area contributed by atoms with Gasteiger partial charge < -0.3 is 19.3 Å². The number of imidazole rings is 1. The molecule has 1 aromatic heterocycles. The zero-order valence-corrected chi connectivity index (χ0v) is 15.9. The molecule has 4 rings (SSSR count). The predicted molar refractivity (Wildman–Crippen MR) is 102 cm³/mol. The van der Waals surface area contributed by atoms with Gasteiger partial charge in [-0.3, -0.25) is 4.79 Å². The maximum atomic E-state index is 12.9. The van der Waals surface area contributed by atoms with Gasteiger partial charge in [-0.05, 0) is 49.8 Å². The number of ether oxygens (including phenoxy) is 1. The molecule has 3 heterocycles. The summed E-state index contributed by atoms with van der Waals surface area (Å²) >= 11 is 0. The Morgan fingerprint density at radius 1 is 1.30 bits per heavy atom. The van der Waals surface area contributed by atoms with Crippen molar-refractivity contribution in [1.82, 2.24) is 14.5 Å². The third kappa shape index (κ3) is 3.66. The first-order valence-corrected chi connectivity index (χ1v) is 9.83. The number of benzene rings is 1. The minimum absolute atomic E-state index is 0.0933. The number of phenols is 1. The maximum Gasteiger partial charge on any atom is 0.227 e. The van der Waals surface area contributed by atoms with Crippen LogP contribution in [0.25, 0.3) is 0 Å². The number of methoxy groups -OCH3 is 1. The molecule has 6 heteroatoms. The molecule has 1 aromatic carbocycles. The first-order valence-electron chi connectivity index (χ1n) is 9.83. The first-order chi connectivity index (χ1) is 13.2. The number of likely N-dealkylation sites (tertiary alicyclic amines) is 1. The molecule has 144 valence electrons. The Labute approximate surface area is 159 Å². The van der Waals surface area contributed by atoms with E-state index in [-0.39, 0.29) is 11.7 Å². The molecular formula is C21H27N3O3. The quantitative estimate of drug-likeness (QED) is 0.900. The third-order valence-electron chi connectivity index (χ3n) is 5.77. The van der Waals surface area contributed by atoms with Gasteiger partial charge in [0.25, 0.3) is 0 Å². The Bertz CT molecular complexity index is 830. The van der Waals surface area contributed by atoms with Gasteiger partial charge in [-0.1, -0.05) is 6.07 Å². The highest BCUT2D eigenvalue weighted by Gasteiger charge is 2.29. The van der Waals surface area contributed by atoms with Crippen LogP contribution >= 0.6 is 0 Å². The maximum absolute atomic E-state index is 12.9. The number of piperidine rings is 1. The highest BCUT2D eigenvalue weighted by atomic mass is 16.5. The van der Waals surface area contributed by atoms with Gasteiger partial charge in [0.2, 0.25) is 5.91 Å². The predicted octanol–water partition coefficient (Wildman–Crippen LogP) is 2.88. The summed E-state index contributed by atoms with van der Waals surface area (Å²) in [5, 5.41) is 9.73. The molecule has 0 bridgehead atoms. The molecule has 2 aromatic rings. The Morgan fingerprint density at radius 2 is 2.19 bits per heavy atom. The van der Waals surface area contributed by atoms with Gasteiger partial charge in [0.05, 0.1) is 13.5 Å². The van der Waals surface area contributed by atoms with E-state index in [9.17, 15) is 9.90 Å². The number of hydrogen-bond acceptors (Lipinski definition) is 4. The van der Waals surface area contributed by atoms with Crippen molar-refractivity contribution in [3.05, 3.63) is 41.5 Å². The van der Waals surface area contributed by atoms with Crippen LogP contribution in [0.3, 0.4) is 0 Å². The molecule has 0 aliphatic carbocycles. The topological polar surface area (TPSA) is 67.6 Å². The Balaban J connectivity index is 1.45. The number of rotatable bonds is 4. The Morgan fingerprint density at radius 3 is 3.04 bits per heavy atom. The summed E-state index contributed by atoms with van der Waals surface area (Å²) in [6, 6.07) is 5.10. The van der Waals surface area contributed by atoms with Crippen LogP contribution in [-0.2, 0) is 24.2 Å². The normalized spacial score (nSPS) is 19.6. The second-order valence-corrected chi connectivity index (χ2v) is 7.58. The smallest absolute Gasteiger partial charge is 0.227 e. The van der Waals surface area contributed by atoms with E-state index >= 15 is 0 Å². The molecule has 6 nitrogen and oxygen atoms in total. The van der Waals surface area contributed by atoms with Gasteiger partial charge in [0.1, 0.15) is 5.82 Å². The standard InChI is InChI=1S/C21H27N3O3/c1-27-19-11-15(7-8-18(19)25)12-20(26)23-9-4-5-16(14-23)21-22-13-17-6-2-3-10-24(17)21/h7-8,11,13,16,25H,2-6,9-10,12,14H2,1H3/t16-/m1/s1. The van der Waals surface area contributed by atoms with Crippen LogP contribution in [0, 0.1) is 0 Å². The molecule has 1 saturated heterocycles. The number of fused-ring (bicyclic) bond motifs is 1. The van der Waals surface area contributed by atoms with E-state index in [1.807, 2.05) is 11.1 Å². The second kappa shape index (κ2) is 7.62. The molecule has 2 aliphatic heterocycles. The van der Waals surface area contributed by atoms with Gasteiger partial charge in [-0.15, -0.1) is 0 Å². The van der Waals surface area contributed by atoms with Crippen LogP contribution < -0.4 is 4.74 Å². The van der Waals surface area contributed by atoms with E-state index in [4.69, 9.17) is 9.72 Å². The summed E-state index contributed by atoms with van der Waals surface area (Å²) in [4.78, 5) is 19.5. The number of aromatic hydroxyl groups is 1. The number of nitrogens with zero attached hydrogens (tertiary/aromatic N) is 3. The summed E-state index contributed by atoms with van der Waals surface area (Å²) in [6.45, 7) is 2.60. The summed E-state index contributed by atoms with van der Waals surface area (Å²) in [7, 11) is 1.51. The van der Waals surface area contributed by atoms with Crippen molar-refractivity contribution in [3.8, 4) is 11.5 Å². The van der Waals surface area contributed by atoms with Crippen LogP contribution in [0.1, 0.15) is 48.7 Å².